The van der Waals surface area contributed by atoms with E-state index in [0.29, 0.717) is 0 Å². The predicted molar refractivity (Wildman–Crippen MR) is 69.8 cm³/mol. The normalized spacial score (nSPS) is 12.3. The smallest absolute Gasteiger partial charge is 0.115 e. The Kier molecular flexibility index (Phi) is 3.78. The summed E-state index contributed by atoms with van der Waals surface area (Å²) >= 11 is 0. The molecule has 0 bridgehead atoms. The molecule has 2 aromatic rings. The Bertz CT molecular complexity index is 450. The molecule has 0 saturated carbocycles. The second kappa shape index (κ2) is 5.51. The third-order valence-corrected chi connectivity index (χ3v) is 2.91. The molecule has 1 atom stereocenters. The molecule has 0 spiro atoms. The van der Waals surface area contributed by atoms with Gasteiger partial charge in [-0.25, -0.2) is 0 Å². The summed E-state index contributed by atoms with van der Waals surface area (Å²) in [5, 5.41) is 9.21. The summed E-state index contributed by atoms with van der Waals surface area (Å²) in [5.74, 6) is 0.281. The van der Waals surface area contributed by atoms with E-state index < -0.39 is 0 Å². The lowest BCUT2D eigenvalue weighted by molar-refractivity contribution is 0.474. The molecule has 1 unspecified atom stereocenters. The van der Waals surface area contributed by atoms with Crippen molar-refractivity contribution in [2.75, 3.05) is 0 Å². The first-order chi connectivity index (χ1) is 8.25. The Morgan fingerprint density at radius 3 is 2.24 bits per heavy atom. The first-order valence-corrected chi connectivity index (χ1v) is 5.84. The van der Waals surface area contributed by atoms with Crippen LogP contribution in [0.2, 0.25) is 0 Å². The van der Waals surface area contributed by atoms with Gasteiger partial charge in [-0.2, -0.15) is 0 Å². The van der Waals surface area contributed by atoms with Crippen LogP contribution in [0.4, 0.5) is 0 Å². The number of benzene rings is 2. The first-order valence-electron chi connectivity index (χ1n) is 5.84. The number of nitrogens with two attached hydrogens (primary N) is 1. The SMILES string of the molecule is NC(CCc1ccccc1)c1ccc(O)cc1. The molecule has 2 heteroatoms. The van der Waals surface area contributed by atoms with E-state index in [-0.39, 0.29) is 11.8 Å². The highest BCUT2D eigenvalue weighted by Crippen LogP contribution is 2.19. The molecule has 0 aliphatic rings. The summed E-state index contributed by atoms with van der Waals surface area (Å²) in [6, 6.07) is 17.5. The van der Waals surface area contributed by atoms with E-state index in [1.165, 1.54) is 5.56 Å². The molecule has 88 valence electrons. The fraction of sp³-hybridized carbons (Fsp3) is 0.200. The summed E-state index contributed by atoms with van der Waals surface area (Å²) in [6.45, 7) is 0. The molecular formula is C15H17NO. The lowest BCUT2D eigenvalue weighted by Gasteiger charge is -2.12. The van der Waals surface area contributed by atoms with E-state index >= 15 is 0 Å². The Labute approximate surface area is 102 Å². The highest BCUT2D eigenvalue weighted by atomic mass is 16.3. The van der Waals surface area contributed by atoms with Gasteiger partial charge in [0.1, 0.15) is 5.75 Å². The monoisotopic (exact) mass is 227 g/mol. The minimum Gasteiger partial charge on any atom is -0.508 e. The van der Waals surface area contributed by atoms with E-state index in [0.717, 1.165) is 18.4 Å². The number of phenols is 1. The lowest BCUT2D eigenvalue weighted by atomic mass is 10.00. The Morgan fingerprint density at radius 1 is 0.941 bits per heavy atom. The zero-order valence-corrected chi connectivity index (χ0v) is 9.71. The second-order valence-corrected chi connectivity index (χ2v) is 4.22. The summed E-state index contributed by atoms with van der Waals surface area (Å²) < 4.78 is 0. The maximum Gasteiger partial charge on any atom is 0.115 e. The number of hydrogen-bond donors (Lipinski definition) is 2. The van der Waals surface area contributed by atoms with Crippen LogP contribution in [-0.2, 0) is 6.42 Å². The van der Waals surface area contributed by atoms with E-state index in [2.05, 4.69) is 12.1 Å². The maximum atomic E-state index is 9.21. The van der Waals surface area contributed by atoms with Gasteiger partial charge in [0, 0.05) is 6.04 Å². The second-order valence-electron chi connectivity index (χ2n) is 4.22. The van der Waals surface area contributed by atoms with Gasteiger partial charge in [-0.1, -0.05) is 42.5 Å². The summed E-state index contributed by atoms with van der Waals surface area (Å²) in [5.41, 5.74) is 8.49. The van der Waals surface area contributed by atoms with Crippen LogP contribution in [0.5, 0.6) is 5.75 Å². The Morgan fingerprint density at radius 2 is 1.59 bits per heavy atom. The molecule has 17 heavy (non-hydrogen) atoms. The predicted octanol–water partition coefficient (Wildman–Crippen LogP) is 3.02. The van der Waals surface area contributed by atoms with Crippen LogP contribution in [-0.4, -0.2) is 5.11 Å². The summed E-state index contributed by atoms with van der Waals surface area (Å²) in [6.07, 6.45) is 1.89. The molecule has 0 aliphatic carbocycles. The van der Waals surface area contributed by atoms with Gasteiger partial charge < -0.3 is 10.8 Å². The van der Waals surface area contributed by atoms with Gasteiger partial charge in [0.15, 0.2) is 0 Å². The van der Waals surface area contributed by atoms with Gasteiger partial charge in [-0.15, -0.1) is 0 Å². The van der Waals surface area contributed by atoms with Crippen LogP contribution in [0.3, 0.4) is 0 Å². The summed E-state index contributed by atoms with van der Waals surface area (Å²) in [7, 11) is 0. The summed E-state index contributed by atoms with van der Waals surface area (Å²) in [4.78, 5) is 0. The van der Waals surface area contributed by atoms with Crippen LogP contribution in [0.15, 0.2) is 54.6 Å². The zero-order chi connectivity index (χ0) is 12.1. The van der Waals surface area contributed by atoms with Crippen molar-refractivity contribution >= 4 is 0 Å². The van der Waals surface area contributed by atoms with E-state index in [1.807, 2.05) is 30.3 Å². The topological polar surface area (TPSA) is 46.2 Å². The standard InChI is InChI=1S/C15H17NO/c16-15(13-7-9-14(17)10-8-13)11-6-12-4-2-1-3-5-12/h1-5,7-10,15,17H,6,11,16H2. The third-order valence-electron chi connectivity index (χ3n) is 2.91. The molecule has 0 heterocycles. The molecule has 0 aromatic heterocycles. The van der Waals surface area contributed by atoms with Crippen molar-refractivity contribution in [3.8, 4) is 5.75 Å². The molecule has 0 fully saturated rings. The molecule has 2 nitrogen and oxygen atoms in total. The molecule has 0 saturated heterocycles. The number of aryl methyl sites for hydroxylation is 1. The number of rotatable bonds is 4. The maximum absolute atomic E-state index is 9.21. The van der Waals surface area contributed by atoms with Crippen molar-refractivity contribution in [2.45, 2.75) is 18.9 Å². The fourth-order valence-corrected chi connectivity index (χ4v) is 1.86. The van der Waals surface area contributed by atoms with Crippen molar-refractivity contribution in [1.82, 2.24) is 0 Å². The minimum absolute atomic E-state index is 0.0239. The van der Waals surface area contributed by atoms with Gasteiger partial charge in [0.2, 0.25) is 0 Å². The van der Waals surface area contributed by atoms with Crippen molar-refractivity contribution in [1.29, 1.82) is 0 Å². The van der Waals surface area contributed by atoms with Crippen LogP contribution >= 0.6 is 0 Å². The third kappa shape index (κ3) is 3.33. The van der Waals surface area contributed by atoms with Crippen LogP contribution in [0.25, 0.3) is 0 Å². The Balaban J connectivity index is 1.93. The highest BCUT2D eigenvalue weighted by Gasteiger charge is 2.05. The molecule has 0 radical (unpaired) electrons. The largest absolute Gasteiger partial charge is 0.508 e. The molecule has 2 aromatic carbocycles. The molecule has 0 amide bonds. The minimum atomic E-state index is 0.0239. The van der Waals surface area contributed by atoms with E-state index in [1.54, 1.807) is 12.1 Å². The number of hydrogen-bond acceptors (Lipinski definition) is 2. The van der Waals surface area contributed by atoms with Crippen molar-refractivity contribution in [3.63, 3.8) is 0 Å². The van der Waals surface area contributed by atoms with Crippen molar-refractivity contribution in [2.24, 2.45) is 5.73 Å². The van der Waals surface area contributed by atoms with Gasteiger partial charge >= 0.3 is 0 Å². The van der Waals surface area contributed by atoms with Gasteiger partial charge in [-0.3, -0.25) is 0 Å². The van der Waals surface area contributed by atoms with Crippen molar-refractivity contribution in [3.05, 3.63) is 65.7 Å². The van der Waals surface area contributed by atoms with Crippen LogP contribution in [0.1, 0.15) is 23.6 Å². The zero-order valence-electron chi connectivity index (χ0n) is 9.71. The van der Waals surface area contributed by atoms with Gasteiger partial charge in [0.05, 0.1) is 0 Å². The average Bonchev–Trinajstić information content (AvgIpc) is 2.38. The van der Waals surface area contributed by atoms with E-state index in [9.17, 15) is 5.11 Å². The molecule has 2 rings (SSSR count). The van der Waals surface area contributed by atoms with E-state index in [4.69, 9.17) is 5.73 Å². The molecule has 0 aliphatic heterocycles. The van der Waals surface area contributed by atoms with Crippen molar-refractivity contribution < 1.29 is 5.11 Å². The first kappa shape index (κ1) is 11.7. The fourth-order valence-electron chi connectivity index (χ4n) is 1.86. The Hall–Kier alpha value is -1.80. The average molecular weight is 227 g/mol. The van der Waals surface area contributed by atoms with Gasteiger partial charge in [0.25, 0.3) is 0 Å². The quantitative estimate of drug-likeness (QED) is 0.843. The number of aromatic hydroxyl groups is 1. The van der Waals surface area contributed by atoms with Crippen LogP contribution < -0.4 is 5.73 Å². The molecule has 3 N–H and O–H groups in total. The van der Waals surface area contributed by atoms with Crippen LogP contribution in [0, 0.1) is 0 Å². The highest BCUT2D eigenvalue weighted by molar-refractivity contribution is 5.28. The van der Waals surface area contributed by atoms with Gasteiger partial charge in [-0.05, 0) is 36.1 Å². The molecular weight excluding hydrogens is 210 g/mol. The number of phenolic OH excluding ortho intramolecular Hbond substituents is 1. The lowest BCUT2D eigenvalue weighted by Crippen LogP contribution is -2.11.